The Labute approximate surface area is 116 Å². The van der Waals surface area contributed by atoms with E-state index in [1.807, 2.05) is 17.9 Å². The lowest BCUT2D eigenvalue weighted by Gasteiger charge is -2.45. The van der Waals surface area contributed by atoms with Gasteiger partial charge in [0.2, 0.25) is 0 Å². The topological polar surface area (TPSA) is 33.1 Å². The molecule has 0 radical (unpaired) electrons. The summed E-state index contributed by atoms with van der Waals surface area (Å²) in [4.78, 5) is 2.67. The van der Waals surface area contributed by atoms with Gasteiger partial charge in [-0.25, -0.2) is 0 Å². The van der Waals surface area contributed by atoms with E-state index in [0.29, 0.717) is 5.41 Å². The lowest BCUT2D eigenvalue weighted by Crippen LogP contribution is -2.51. The zero-order valence-corrected chi connectivity index (χ0v) is 12.1. The summed E-state index contributed by atoms with van der Waals surface area (Å²) >= 11 is 0. The third-order valence-corrected chi connectivity index (χ3v) is 4.91. The van der Waals surface area contributed by atoms with Crippen molar-refractivity contribution in [1.82, 2.24) is 20.0 Å². The molecule has 1 aromatic rings. The molecule has 1 unspecified atom stereocenters. The quantitative estimate of drug-likeness (QED) is 0.894. The minimum Gasteiger partial charge on any atom is -0.316 e. The summed E-state index contributed by atoms with van der Waals surface area (Å²) in [6.45, 7) is 6.20. The average molecular weight is 262 g/mol. The molecule has 1 spiro atoms. The SMILES string of the molecule is Cn1nccc1CCN1CCCC2(CCCNC2)C1. The van der Waals surface area contributed by atoms with Crippen LogP contribution in [0.25, 0.3) is 0 Å². The Morgan fingerprint density at radius 1 is 1.37 bits per heavy atom. The Morgan fingerprint density at radius 2 is 2.26 bits per heavy atom. The molecule has 4 nitrogen and oxygen atoms in total. The van der Waals surface area contributed by atoms with Crippen molar-refractivity contribution in [2.24, 2.45) is 12.5 Å². The fraction of sp³-hybridized carbons (Fsp3) is 0.800. The van der Waals surface area contributed by atoms with E-state index in [1.54, 1.807) is 0 Å². The number of nitrogens with one attached hydrogen (secondary N) is 1. The van der Waals surface area contributed by atoms with Crippen LogP contribution in [0.5, 0.6) is 0 Å². The van der Waals surface area contributed by atoms with Gasteiger partial charge in [0.1, 0.15) is 0 Å². The minimum absolute atomic E-state index is 0.572. The summed E-state index contributed by atoms with van der Waals surface area (Å²) in [5.74, 6) is 0. The molecular formula is C15H26N4. The van der Waals surface area contributed by atoms with Crippen LogP contribution in [0.15, 0.2) is 12.3 Å². The van der Waals surface area contributed by atoms with Crippen molar-refractivity contribution >= 4 is 0 Å². The molecule has 4 heteroatoms. The molecule has 1 atom stereocenters. The highest BCUT2D eigenvalue weighted by Gasteiger charge is 2.36. The zero-order chi connectivity index (χ0) is 13.1. The normalized spacial score (nSPS) is 28.9. The number of aryl methyl sites for hydroxylation is 1. The Balaban J connectivity index is 1.55. The number of rotatable bonds is 3. The van der Waals surface area contributed by atoms with Crippen molar-refractivity contribution in [2.75, 3.05) is 32.7 Å². The number of hydrogen-bond acceptors (Lipinski definition) is 3. The smallest absolute Gasteiger partial charge is 0.0492 e. The largest absolute Gasteiger partial charge is 0.316 e. The van der Waals surface area contributed by atoms with Gasteiger partial charge in [-0.2, -0.15) is 5.10 Å². The van der Waals surface area contributed by atoms with Crippen LogP contribution >= 0.6 is 0 Å². The molecule has 2 fully saturated rings. The van der Waals surface area contributed by atoms with Gasteiger partial charge < -0.3 is 10.2 Å². The Hall–Kier alpha value is -0.870. The zero-order valence-electron chi connectivity index (χ0n) is 12.1. The molecule has 3 rings (SSSR count). The van der Waals surface area contributed by atoms with Crippen LogP contribution in [0.2, 0.25) is 0 Å². The molecule has 106 valence electrons. The van der Waals surface area contributed by atoms with Crippen molar-refractivity contribution < 1.29 is 0 Å². The maximum atomic E-state index is 4.25. The predicted molar refractivity (Wildman–Crippen MR) is 77.1 cm³/mol. The third-order valence-electron chi connectivity index (χ3n) is 4.91. The van der Waals surface area contributed by atoms with Crippen LogP contribution < -0.4 is 5.32 Å². The maximum Gasteiger partial charge on any atom is 0.0492 e. The fourth-order valence-electron chi connectivity index (χ4n) is 3.80. The van der Waals surface area contributed by atoms with Gasteiger partial charge in [0.15, 0.2) is 0 Å². The lowest BCUT2D eigenvalue weighted by atomic mass is 9.74. The number of aromatic nitrogens is 2. The van der Waals surface area contributed by atoms with Crippen LogP contribution in [0.3, 0.4) is 0 Å². The Morgan fingerprint density at radius 3 is 3.00 bits per heavy atom. The first-order chi connectivity index (χ1) is 9.27. The molecule has 2 aliphatic heterocycles. The lowest BCUT2D eigenvalue weighted by molar-refractivity contribution is 0.0651. The minimum atomic E-state index is 0.572. The number of likely N-dealkylation sites (tertiary alicyclic amines) is 1. The first kappa shape index (κ1) is 13.1. The van der Waals surface area contributed by atoms with Crippen LogP contribution in [0.1, 0.15) is 31.4 Å². The van der Waals surface area contributed by atoms with Crippen molar-refractivity contribution in [1.29, 1.82) is 0 Å². The molecule has 3 heterocycles. The van der Waals surface area contributed by atoms with E-state index in [9.17, 15) is 0 Å². The number of nitrogens with zero attached hydrogens (tertiary/aromatic N) is 3. The van der Waals surface area contributed by atoms with Gasteiger partial charge >= 0.3 is 0 Å². The van der Waals surface area contributed by atoms with Gasteiger partial charge in [-0.05, 0) is 50.3 Å². The Kier molecular flexibility index (Phi) is 3.89. The number of hydrogen-bond donors (Lipinski definition) is 1. The van der Waals surface area contributed by atoms with Gasteiger partial charge in [0, 0.05) is 45.0 Å². The molecule has 0 amide bonds. The fourth-order valence-corrected chi connectivity index (χ4v) is 3.80. The first-order valence-electron chi connectivity index (χ1n) is 7.67. The van der Waals surface area contributed by atoms with Gasteiger partial charge in [0.05, 0.1) is 0 Å². The second kappa shape index (κ2) is 5.63. The summed E-state index contributed by atoms with van der Waals surface area (Å²) in [5.41, 5.74) is 1.92. The number of piperidine rings is 2. The average Bonchev–Trinajstić information content (AvgIpc) is 2.83. The molecule has 0 saturated carbocycles. The van der Waals surface area contributed by atoms with Crippen molar-refractivity contribution in [3.63, 3.8) is 0 Å². The first-order valence-corrected chi connectivity index (χ1v) is 7.67. The molecule has 19 heavy (non-hydrogen) atoms. The standard InChI is InChI=1S/C15H26N4/c1-18-14(4-9-17-18)5-11-19-10-3-7-15(13-19)6-2-8-16-12-15/h4,9,16H,2-3,5-8,10-13H2,1H3. The predicted octanol–water partition coefficient (Wildman–Crippen LogP) is 1.43. The summed E-state index contributed by atoms with van der Waals surface area (Å²) in [6, 6.07) is 2.14. The Bertz CT molecular complexity index is 401. The molecule has 0 aromatic carbocycles. The second-order valence-electron chi connectivity index (χ2n) is 6.36. The summed E-state index contributed by atoms with van der Waals surface area (Å²) in [5, 5.41) is 7.86. The van der Waals surface area contributed by atoms with E-state index in [0.717, 1.165) is 6.42 Å². The highest BCUT2D eigenvalue weighted by Crippen LogP contribution is 2.35. The van der Waals surface area contributed by atoms with Gasteiger partial charge in [-0.3, -0.25) is 4.68 Å². The molecule has 1 aromatic heterocycles. The van der Waals surface area contributed by atoms with E-state index in [2.05, 4.69) is 21.4 Å². The molecule has 2 saturated heterocycles. The molecule has 2 aliphatic rings. The third kappa shape index (κ3) is 3.00. The van der Waals surface area contributed by atoms with Crippen molar-refractivity contribution in [3.05, 3.63) is 18.0 Å². The van der Waals surface area contributed by atoms with Crippen LogP contribution in [0, 0.1) is 5.41 Å². The summed E-state index contributed by atoms with van der Waals surface area (Å²) in [6.07, 6.45) is 8.59. The van der Waals surface area contributed by atoms with Gasteiger partial charge in [-0.15, -0.1) is 0 Å². The molecule has 0 aliphatic carbocycles. The van der Waals surface area contributed by atoms with E-state index in [1.165, 1.54) is 64.1 Å². The van der Waals surface area contributed by atoms with Crippen molar-refractivity contribution in [2.45, 2.75) is 32.1 Å². The van der Waals surface area contributed by atoms with Crippen molar-refractivity contribution in [3.8, 4) is 0 Å². The van der Waals surface area contributed by atoms with Gasteiger partial charge in [-0.1, -0.05) is 0 Å². The molecule has 0 bridgehead atoms. The maximum absolute atomic E-state index is 4.25. The van der Waals surface area contributed by atoms with Crippen LogP contribution in [0.4, 0.5) is 0 Å². The van der Waals surface area contributed by atoms with Crippen LogP contribution in [-0.2, 0) is 13.5 Å². The van der Waals surface area contributed by atoms with E-state index in [-0.39, 0.29) is 0 Å². The molecule has 1 N–H and O–H groups in total. The monoisotopic (exact) mass is 262 g/mol. The molecular weight excluding hydrogens is 236 g/mol. The van der Waals surface area contributed by atoms with Gasteiger partial charge in [0.25, 0.3) is 0 Å². The van der Waals surface area contributed by atoms with E-state index in [4.69, 9.17) is 0 Å². The highest BCUT2D eigenvalue weighted by atomic mass is 15.3. The van der Waals surface area contributed by atoms with E-state index < -0.39 is 0 Å². The summed E-state index contributed by atoms with van der Waals surface area (Å²) in [7, 11) is 2.04. The summed E-state index contributed by atoms with van der Waals surface area (Å²) < 4.78 is 2.00. The second-order valence-corrected chi connectivity index (χ2v) is 6.36. The van der Waals surface area contributed by atoms with Crippen LogP contribution in [-0.4, -0.2) is 47.4 Å². The highest BCUT2D eigenvalue weighted by molar-refractivity contribution is 5.01. The van der Waals surface area contributed by atoms with E-state index >= 15 is 0 Å².